The monoisotopic (exact) mass is 349 g/mol. The van der Waals surface area contributed by atoms with Gasteiger partial charge in [-0.2, -0.15) is 0 Å². The summed E-state index contributed by atoms with van der Waals surface area (Å²) in [5, 5.41) is 3.25. The summed E-state index contributed by atoms with van der Waals surface area (Å²) in [7, 11) is 0. The third-order valence-corrected chi connectivity index (χ3v) is 4.23. The summed E-state index contributed by atoms with van der Waals surface area (Å²) in [6, 6.07) is 23.3. The predicted molar refractivity (Wildman–Crippen MR) is 100 cm³/mol. The number of nitrogens with zero attached hydrogens (tertiary/aromatic N) is 2. The Kier molecular flexibility index (Phi) is 4.37. The lowest BCUT2D eigenvalue weighted by Crippen LogP contribution is -2.52. The summed E-state index contributed by atoms with van der Waals surface area (Å²) < 4.78 is 28.6. The fraction of sp³-hybridized carbons (Fsp3) is 0.0476. The first-order valence-corrected chi connectivity index (χ1v) is 8.30. The number of benzene rings is 3. The zero-order valence-corrected chi connectivity index (χ0v) is 13.9. The molecule has 26 heavy (non-hydrogen) atoms. The maximum Gasteiger partial charge on any atom is 0.151 e. The fourth-order valence-electron chi connectivity index (χ4n) is 2.97. The quantitative estimate of drug-likeness (QED) is 0.736. The van der Waals surface area contributed by atoms with Crippen LogP contribution in [-0.2, 0) is 0 Å². The van der Waals surface area contributed by atoms with Crippen LogP contribution in [0.5, 0.6) is 0 Å². The Morgan fingerprint density at radius 3 is 2.00 bits per heavy atom. The third kappa shape index (κ3) is 3.17. The molecule has 0 saturated heterocycles. The highest BCUT2D eigenvalue weighted by Gasteiger charge is 2.24. The highest BCUT2D eigenvalue weighted by atomic mass is 19.1. The number of anilines is 2. The summed E-state index contributed by atoms with van der Waals surface area (Å²) in [6.07, 6.45) is 1.73. The van der Waals surface area contributed by atoms with Crippen LogP contribution in [0.15, 0.2) is 85.1 Å². The third-order valence-electron chi connectivity index (χ3n) is 4.23. The van der Waals surface area contributed by atoms with Gasteiger partial charge in [-0.3, -0.25) is 10.0 Å². The maximum absolute atomic E-state index is 14.3. The van der Waals surface area contributed by atoms with Gasteiger partial charge < -0.3 is 0 Å². The molecule has 130 valence electrons. The van der Waals surface area contributed by atoms with Crippen molar-refractivity contribution in [2.24, 2.45) is 0 Å². The summed E-state index contributed by atoms with van der Waals surface area (Å²) in [5.74, 6) is -1.26. The summed E-state index contributed by atoms with van der Waals surface area (Å²) in [4.78, 5) is 0. The van der Waals surface area contributed by atoms with Gasteiger partial charge in [0.05, 0.1) is 12.2 Å². The molecule has 0 amide bonds. The van der Waals surface area contributed by atoms with Crippen molar-refractivity contribution in [1.29, 1.82) is 0 Å². The lowest BCUT2D eigenvalue weighted by atomic mass is 10.1. The van der Waals surface area contributed by atoms with Crippen LogP contribution < -0.4 is 15.6 Å². The number of hydrogen-bond donors (Lipinski definition) is 1. The minimum atomic E-state index is -0.629. The molecule has 0 fully saturated rings. The van der Waals surface area contributed by atoms with Crippen molar-refractivity contribution in [3.8, 4) is 0 Å². The molecule has 0 radical (unpaired) electrons. The van der Waals surface area contributed by atoms with Gasteiger partial charge in [0.25, 0.3) is 0 Å². The van der Waals surface area contributed by atoms with Crippen LogP contribution >= 0.6 is 0 Å². The minimum Gasteiger partial charge on any atom is -0.286 e. The van der Waals surface area contributed by atoms with E-state index >= 15 is 0 Å². The van der Waals surface area contributed by atoms with Crippen molar-refractivity contribution >= 4 is 16.9 Å². The second kappa shape index (κ2) is 6.98. The molecule has 0 aliphatic carbocycles. The SMILES string of the molecule is Fc1cccc(F)c1N1C=C(c2ccccc2)CN(c2ccccc2)N1. The minimum absolute atomic E-state index is 0.137. The smallest absolute Gasteiger partial charge is 0.151 e. The van der Waals surface area contributed by atoms with E-state index in [0.717, 1.165) is 16.8 Å². The van der Waals surface area contributed by atoms with Gasteiger partial charge in [-0.25, -0.2) is 8.78 Å². The van der Waals surface area contributed by atoms with E-state index in [1.165, 1.54) is 23.2 Å². The average Bonchev–Trinajstić information content (AvgIpc) is 2.69. The Balaban J connectivity index is 1.79. The van der Waals surface area contributed by atoms with Gasteiger partial charge in [0.2, 0.25) is 0 Å². The summed E-state index contributed by atoms with van der Waals surface area (Å²) in [6.45, 7) is 0.556. The van der Waals surface area contributed by atoms with E-state index in [0.29, 0.717) is 6.54 Å². The largest absolute Gasteiger partial charge is 0.286 e. The second-order valence-corrected chi connectivity index (χ2v) is 5.98. The van der Waals surface area contributed by atoms with Crippen LogP contribution in [0.1, 0.15) is 5.56 Å². The van der Waals surface area contributed by atoms with Gasteiger partial charge in [0.1, 0.15) is 5.69 Å². The number of hydrazine groups is 2. The molecule has 0 spiro atoms. The van der Waals surface area contributed by atoms with E-state index in [1.807, 2.05) is 65.7 Å². The first kappa shape index (κ1) is 16.3. The predicted octanol–water partition coefficient (Wildman–Crippen LogP) is 4.75. The van der Waals surface area contributed by atoms with E-state index in [-0.39, 0.29) is 5.69 Å². The lowest BCUT2D eigenvalue weighted by molar-refractivity contribution is 0.554. The molecular weight excluding hydrogens is 332 g/mol. The van der Waals surface area contributed by atoms with E-state index < -0.39 is 11.6 Å². The number of halogens is 2. The Labute approximate surface area is 150 Å². The van der Waals surface area contributed by atoms with Crippen LogP contribution in [-0.4, -0.2) is 6.54 Å². The van der Waals surface area contributed by atoms with Crippen LogP contribution in [0.3, 0.4) is 0 Å². The molecule has 0 saturated carbocycles. The average molecular weight is 349 g/mol. The van der Waals surface area contributed by atoms with Crippen molar-refractivity contribution in [3.63, 3.8) is 0 Å². The Morgan fingerprint density at radius 2 is 1.35 bits per heavy atom. The molecule has 3 aromatic carbocycles. The van der Waals surface area contributed by atoms with Crippen LogP contribution in [0.2, 0.25) is 0 Å². The number of hydrogen-bond acceptors (Lipinski definition) is 3. The number of rotatable bonds is 3. The number of para-hydroxylation sites is 2. The normalized spacial score (nSPS) is 14.3. The highest BCUT2D eigenvalue weighted by Crippen LogP contribution is 2.29. The first-order chi connectivity index (χ1) is 12.7. The first-order valence-electron chi connectivity index (χ1n) is 8.30. The Morgan fingerprint density at radius 1 is 0.731 bits per heavy atom. The molecule has 1 N–H and O–H groups in total. The van der Waals surface area contributed by atoms with Crippen molar-refractivity contribution in [1.82, 2.24) is 5.53 Å². The maximum atomic E-state index is 14.3. The van der Waals surface area contributed by atoms with E-state index in [2.05, 4.69) is 5.53 Å². The molecule has 1 aliphatic rings. The molecule has 0 bridgehead atoms. The summed E-state index contributed by atoms with van der Waals surface area (Å²) in [5.41, 5.74) is 5.78. The lowest BCUT2D eigenvalue weighted by Gasteiger charge is -2.37. The van der Waals surface area contributed by atoms with Crippen LogP contribution in [0, 0.1) is 11.6 Å². The molecule has 4 rings (SSSR count). The Hall–Kier alpha value is -3.18. The van der Waals surface area contributed by atoms with Crippen LogP contribution in [0.25, 0.3) is 5.57 Å². The van der Waals surface area contributed by atoms with Gasteiger partial charge in [-0.15, -0.1) is 5.53 Å². The molecule has 0 atom stereocenters. The molecule has 1 aliphatic heterocycles. The molecule has 3 aromatic rings. The zero-order valence-electron chi connectivity index (χ0n) is 13.9. The van der Waals surface area contributed by atoms with E-state index in [9.17, 15) is 8.78 Å². The van der Waals surface area contributed by atoms with E-state index in [4.69, 9.17) is 0 Å². The molecule has 5 heteroatoms. The topological polar surface area (TPSA) is 18.5 Å². The van der Waals surface area contributed by atoms with Gasteiger partial charge in [0, 0.05) is 6.20 Å². The molecule has 0 unspecified atom stereocenters. The fourth-order valence-corrected chi connectivity index (χ4v) is 2.97. The standard InChI is InChI=1S/C21H17F2N3/c22-19-12-7-13-20(23)21(19)26-15-17(16-8-3-1-4-9-16)14-25(24-26)18-10-5-2-6-11-18/h1-13,15,24H,14H2. The van der Waals surface area contributed by atoms with Crippen molar-refractivity contribution in [2.75, 3.05) is 16.6 Å². The molecule has 0 aromatic heterocycles. The van der Waals surface area contributed by atoms with Crippen molar-refractivity contribution in [3.05, 3.63) is 102 Å². The summed E-state index contributed by atoms with van der Waals surface area (Å²) >= 11 is 0. The van der Waals surface area contributed by atoms with Crippen molar-refractivity contribution < 1.29 is 8.78 Å². The van der Waals surface area contributed by atoms with Gasteiger partial charge in [-0.05, 0) is 35.4 Å². The van der Waals surface area contributed by atoms with Gasteiger partial charge >= 0.3 is 0 Å². The Bertz CT molecular complexity index is 906. The molecule has 1 heterocycles. The van der Waals surface area contributed by atoms with Gasteiger partial charge in [0.15, 0.2) is 11.6 Å². The van der Waals surface area contributed by atoms with Crippen LogP contribution in [0.4, 0.5) is 20.2 Å². The number of nitrogens with one attached hydrogen (secondary N) is 1. The zero-order chi connectivity index (χ0) is 17.9. The highest BCUT2D eigenvalue weighted by molar-refractivity contribution is 5.74. The van der Waals surface area contributed by atoms with E-state index in [1.54, 1.807) is 6.20 Å². The van der Waals surface area contributed by atoms with Crippen molar-refractivity contribution in [2.45, 2.75) is 0 Å². The molecular formula is C21H17F2N3. The molecule has 3 nitrogen and oxygen atoms in total. The second-order valence-electron chi connectivity index (χ2n) is 5.98. The van der Waals surface area contributed by atoms with Gasteiger partial charge in [-0.1, -0.05) is 54.6 Å².